The molecule has 3 N–H and O–H groups in total. The van der Waals surface area contributed by atoms with Crippen LogP contribution in [0.15, 0.2) is 48.5 Å². The Kier molecular flexibility index (Phi) is 4.43. The van der Waals surface area contributed by atoms with E-state index in [1.165, 1.54) is 6.08 Å². The molecule has 0 unspecified atom stereocenters. The summed E-state index contributed by atoms with van der Waals surface area (Å²) in [6.45, 7) is 1.91. The summed E-state index contributed by atoms with van der Waals surface area (Å²) < 4.78 is 0. The number of benzene rings is 2. The van der Waals surface area contributed by atoms with Crippen molar-refractivity contribution in [3.05, 3.63) is 64.7 Å². The van der Waals surface area contributed by atoms with Crippen molar-refractivity contribution in [1.29, 1.82) is 0 Å². The number of halogens is 1. The van der Waals surface area contributed by atoms with Gasteiger partial charge in [0, 0.05) is 22.5 Å². The Balaban J connectivity index is 2.05. The summed E-state index contributed by atoms with van der Waals surface area (Å²) >= 11 is 5.91. The van der Waals surface area contributed by atoms with E-state index in [-0.39, 0.29) is 5.91 Å². The minimum atomic E-state index is -0.202. The van der Waals surface area contributed by atoms with E-state index in [1.54, 1.807) is 30.3 Å². The predicted octanol–water partition coefficient (Wildman–Crippen LogP) is 3.88. The molecule has 1 amide bonds. The Morgan fingerprint density at radius 1 is 1.20 bits per heavy atom. The van der Waals surface area contributed by atoms with Crippen molar-refractivity contribution in [3.63, 3.8) is 0 Å². The first-order valence-electron chi connectivity index (χ1n) is 6.15. The SMILES string of the molecule is Cc1ccc(Cl)cc1NC(=O)/C=C/c1ccc(N)cc1. The van der Waals surface area contributed by atoms with Gasteiger partial charge in [0.15, 0.2) is 0 Å². The molecule has 4 heteroatoms. The van der Waals surface area contributed by atoms with Gasteiger partial charge in [-0.1, -0.05) is 29.8 Å². The van der Waals surface area contributed by atoms with Crippen LogP contribution in [-0.2, 0) is 4.79 Å². The molecule has 0 radical (unpaired) electrons. The van der Waals surface area contributed by atoms with Crippen molar-refractivity contribution in [2.75, 3.05) is 11.1 Å². The summed E-state index contributed by atoms with van der Waals surface area (Å²) in [4.78, 5) is 11.9. The highest BCUT2D eigenvalue weighted by Gasteiger charge is 2.02. The molecule has 0 fully saturated rings. The van der Waals surface area contributed by atoms with Crippen LogP contribution >= 0.6 is 11.6 Å². The average Bonchev–Trinajstić information content (AvgIpc) is 2.42. The largest absolute Gasteiger partial charge is 0.399 e. The Labute approximate surface area is 123 Å². The molecule has 0 heterocycles. The molecular formula is C16H15ClN2O. The maximum absolute atomic E-state index is 11.9. The van der Waals surface area contributed by atoms with Crippen LogP contribution in [0.1, 0.15) is 11.1 Å². The number of hydrogen-bond acceptors (Lipinski definition) is 2. The average molecular weight is 287 g/mol. The molecule has 0 bridgehead atoms. The van der Waals surface area contributed by atoms with E-state index in [2.05, 4.69) is 5.32 Å². The number of carbonyl (C=O) groups is 1. The summed E-state index contributed by atoms with van der Waals surface area (Å²) in [6.07, 6.45) is 3.21. The topological polar surface area (TPSA) is 55.1 Å². The van der Waals surface area contributed by atoms with Crippen LogP contribution in [0.4, 0.5) is 11.4 Å². The lowest BCUT2D eigenvalue weighted by molar-refractivity contribution is -0.111. The van der Waals surface area contributed by atoms with Crippen molar-refractivity contribution in [3.8, 4) is 0 Å². The van der Waals surface area contributed by atoms with Gasteiger partial charge in [-0.3, -0.25) is 4.79 Å². The second-order valence-corrected chi connectivity index (χ2v) is 4.88. The third-order valence-electron chi connectivity index (χ3n) is 2.82. The third-order valence-corrected chi connectivity index (χ3v) is 3.06. The van der Waals surface area contributed by atoms with Crippen LogP contribution in [-0.4, -0.2) is 5.91 Å². The minimum absolute atomic E-state index is 0.202. The zero-order valence-electron chi connectivity index (χ0n) is 11.1. The molecule has 102 valence electrons. The first-order chi connectivity index (χ1) is 9.54. The molecule has 20 heavy (non-hydrogen) atoms. The van der Waals surface area contributed by atoms with Crippen molar-refractivity contribution in [1.82, 2.24) is 0 Å². The van der Waals surface area contributed by atoms with Gasteiger partial charge in [0.2, 0.25) is 5.91 Å². The molecular weight excluding hydrogens is 272 g/mol. The van der Waals surface area contributed by atoms with E-state index in [0.717, 1.165) is 11.1 Å². The second kappa shape index (κ2) is 6.26. The molecule has 2 aromatic carbocycles. The second-order valence-electron chi connectivity index (χ2n) is 4.45. The smallest absolute Gasteiger partial charge is 0.248 e. The van der Waals surface area contributed by atoms with Gasteiger partial charge in [-0.15, -0.1) is 0 Å². The molecule has 3 nitrogen and oxygen atoms in total. The Bertz CT molecular complexity index is 648. The van der Waals surface area contributed by atoms with E-state index in [0.29, 0.717) is 16.4 Å². The summed E-state index contributed by atoms with van der Waals surface area (Å²) in [5.74, 6) is -0.202. The first-order valence-corrected chi connectivity index (χ1v) is 6.53. The molecule has 2 rings (SSSR count). The molecule has 0 aliphatic heterocycles. The maximum Gasteiger partial charge on any atom is 0.248 e. The molecule has 0 atom stereocenters. The Morgan fingerprint density at radius 2 is 1.90 bits per heavy atom. The Morgan fingerprint density at radius 3 is 2.60 bits per heavy atom. The van der Waals surface area contributed by atoms with Crippen molar-refractivity contribution < 1.29 is 4.79 Å². The van der Waals surface area contributed by atoms with Gasteiger partial charge < -0.3 is 11.1 Å². The molecule has 2 aromatic rings. The third kappa shape index (κ3) is 3.87. The lowest BCUT2D eigenvalue weighted by Crippen LogP contribution is -2.08. The zero-order valence-corrected chi connectivity index (χ0v) is 11.8. The van der Waals surface area contributed by atoms with Gasteiger partial charge in [0.1, 0.15) is 0 Å². The van der Waals surface area contributed by atoms with Crippen LogP contribution in [0.5, 0.6) is 0 Å². The molecule has 0 aromatic heterocycles. The number of nitrogens with one attached hydrogen (secondary N) is 1. The van der Waals surface area contributed by atoms with Crippen molar-refractivity contribution >= 4 is 35.0 Å². The fourth-order valence-corrected chi connectivity index (χ4v) is 1.85. The first kappa shape index (κ1) is 14.2. The molecule has 0 saturated heterocycles. The molecule has 0 saturated carbocycles. The standard InChI is InChI=1S/C16H15ClN2O/c1-11-2-6-13(17)10-15(11)19-16(20)9-5-12-3-7-14(18)8-4-12/h2-10H,18H2,1H3,(H,19,20)/b9-5+. The number of nitrogens with two attached hydrogens (primary N) is 1. The van der Waals surface area contributed by atoms with Crippen LogP contribution in [0, 0.1) is 6.92 Å². The van der Waals surface area contributed by atoms with E-state index >= 15 is 0 Å². The molecule has 0 spiro atoms. The number of rotatable bonds is 3. The maximum atomic E-state index is 11.9. The number of anilines is 2. The van der Waals surface area contributed by atoms with Gasteiger partial charge in [-0.05, 0) is 48.4 Å². The van der Waals surface area contributed by atoms with E-state index in [9.17, 15) is 4.79 Å². The van der Waals surface area contributed by atoms with Gasteiger partial charge in [0.25, 0.3) is 0 Å². The van der Waals surface area contributed by atoms with Crippen molar-refractivity contribution in [2.24, 2.45) is 0 Å². The zero-order chi connectivity index (χ0) is 14.5. The van der Waals surface area contributed by atoms with Crippen molar-refractivity contribution in [2.45, 2.75) is 6.92 Å². The van der Waals surface area contributed by atoms with Crippen LogP contribution in [0.3, 0.4) is 0 Å². The number of nitrogen functional groups attached to an aromatic ring is 1. The highest BCUT2D eigenvalue weighted by atomic mass is 35.5. The van der Waals surface area contributed by atoms with Gasteiger partial charge in [-0.2, -0.15) is 0 Å². The number of hydrogen-bond donors (Lipinski definition) is 2. The lowest BCUT2D eigenvalue weighted by atomic mass is 10.2. The highest BCUT2D eigenvalue weighted by Crippen LogP contribution is 2.20. The van der Waals surface area contributed by atoms with Gasteiger partial charge in [-0.25, -0.2) is 0 Å². The van der Waals surface area contributed by atoms with Crippen LogP contribution in [0.25, 0.3) is 6.08 Å². The van der Waals surface area contributed by atoms with E-state index < -0.39 is 0 Å². The summed E-state index contributed by atoms with van der Waals surface area (Å²) in [6, 6.07) is 12.7. The van der Waals surface area contributed by atoms with Crippen LogP contribution in [0.2, 0.25) is 5.02 Å². The van der Waals surface area contributed by atoms with Gasteiger partial charge in [0.05, 0.1) is 0 Å². The lowest BCUT2D eigenvalue weighted by Gasteiger charge is -2.06. The van der Waals surface area contributed by atoms with Crippen LogP contribution < -0.4 is 11.1 Å². The highest BCUT2D eigenvalue weighted by molar-refractivity contribution is 6.31. The number of amides is 1. The summed E-state index contributed by atoms with van der Waals surface area (Å²) in [5, 5.41) is 3.39. The fourth-order valence-electron chi connectivity index (χ4n) is 1.68. The minimum Gasteiger partial charge on any atom is -0.399 e. The molecule has 0 aliphatic rings. The number of carbonyl (C=O) groups excluding carboxylic acids is 1. The fraction of sp³-hybridized carbons (Fsp3) is 0.0625. The van der Waals surface area contributed by atoms with Gasteiger partial charge >= 0.3 is 0 Å². The normalized spacial score (nSPS) is 10.7. The summed E-state index contributed by atoms with van der Waals surface area (Å²) in [7, 11) is 0. The predicted molar refractivity (Wildman–Crippen MR) is 84.7 cm³/mol. The molecule has 0 aliphatic carbocycles. The van der Waals surface area contributed by atoms with E-state index in [1.807, 2.05) is 25.1 Å². The van der Waals surface area contributed by atoms with E-state index in [4.69, 9.17) is 17.3 Å². The Hall–Kier alpha value is -2.26. The number of aryl methyl sites for hydroxylation is 1. The monoisotopic (exact) mass is 286 g/mol. The quantitative estimate of drug-likeness (QED) is 0.664. The summed E-state index contributed by atoms with van der Waals surface area (Å²) in [5.41, 5.74) is 8.88.